The predicted octanol–water partition coefficient (Wildman–Crippen LogP) is 2.93. The number of carbonyl (C=O) groups excluding carboxylic acids is 1. The van der Waals surface area contributed by atoms with Gasteiger partial charge in [0.15, 0.2) is 0 Å². The first-order valence-corrected chi connectivity index (χ1v) is 5.12. The number of carbonyl (C=O) groups is 1. The highest BCUT2D eigenvalue weighted by Crippen LogP contribution is 2.36. The minimum atomic E-state index is -0.243. The summed E-state index contributed by atoms with van der Waals surface area (Å²) in [6.07, 6.45) is 2.94. The predicted molar refractivity (Wildman–Crippen MR) is 58.9 cm³/mol. The van der Waals surface area contributed by atoms with Gasteiger partial charge in [0, 0.05) is 5.02 Å². The molecule has 78 valence electrons. The molecule has 15 heavy (non-hydrogen) atoms. The van der Waals surface area contributed by atoms with Crippen molar-refractivity contribution in [3.8, 4) is 0 Å². The molecule has 1 unspecified atom stereocenters. The molecule has 0 aromatic heterocycles. The molecule has 3 heteroatoms. The summed E-state index contributed by atoms with van der Waals surface area (Å²) in [6, 6.07) is 7.30. The van der Waals surface area contributed by atoms with E-state index in [0.29, 0.717) is 5.02 Å². The Morgan fingerprint density at radius 2 is 2.00 bits per heavy atom. The van der Waals surface area contributed by atoms with Crippen LogP contribution < -0.4 is 0 Å². The third-order valence-corrected chi connectivity index (χ3v) is 2.70. The number of benzene rings is 1. The summed E-state index contributed by atoms with van der Waals surface area (Å²) >= 11 is 5.79. The fraction of sp³-hybridized carbons (Fsp3) is 0.250. The van der Waals surface area contributed by atoms with Gasteiger partial charge in [0.05, 0.1) is 7.11 Å². The quantitative estimate of drug-likeness (QED) is 0.581. The maximum Gasteiger partial charge on any atom is 0.317 e. The van der Waals surface area contributed by atoms with Crippen molar-refractivity contribution in [3.05, 3.63) is 46.5 Å². The first-order valence-electron chi connectivity index (χ1n) is 4.74. The van der Waals surface area contributed by atoms with E-state index in [1.165, 1.54) is 7.11 Å². The summed E-state index contributed by atoms with van der Waals surface area (Å²) in [7, 11) is 1.41. The number of allylic oxidation sites excluding steroid dienone is 1. The Kier molecular flexibility index (Phi) is 2.78. The monoisotopic (exact) mass is 222 g/mol. The minimum Gasteiger partial charge on any atom is -0.468 e. The molecule has 0 heterocycles. The largest absolute Gasteiger partial charge is 0.468 e. The molecule has 0 bridgehead atoms. The zero-order valence-electron chi connectivity index (χ0n) is 8.37. The molecular formula is C12H11ClO2. The molecule has 1 aliphatic carbocycles. The molecule has 0 amide bonds. The normalized spacial score (nSPS) is 15.5. The molecule has 1 aliphatic rings. The molecule has 0 radical (unpaired) electrons. The molecule has 0 saturated carbocycles. The number of esters is 1. The van der Waals surface area contributed by atoms with Crippen LogP contribution in [-0.2, 0) is 9.53 Å². The van der Waals surface area contributed by atoms with Crippen molar-refractivity contribution in [2.45, 2.75) is 12.3 Å². The third kappa shape index (κ3) is 2.21. The van der Waals surface area contributed by atoms with Gasteiger partial charge in [-0.1, -0.05) is 35.4 Å². The first kappa shape index (κ1) is 10.2. The molecule has 1 aromatic carbocycles. The van der Waals surface area contributed by atoms with Crippen molar-refractivity contribution in [1.29, 1.82) is 0 Å². The van der Waals surface area contributed by atoms with Gasteiger partial charge in [-0.2, -0.15) is 0 Å². The molecule has 1 atom stereocenters. The SMILES string of the molecule is COC(=O)C(C1=CC1)c1ccc(Cl)cc1. The van der Waals surface area contributed by atoms with Crippen LogP contribution in [0.25, 0.3) is 0 Å². The van der Waals surface area contributed by atoms with Gasteiger partial charge in [0.2, 0.25) is 0 Å². The topological polar surface area (TPSA) is 26.3 Å². The van der Waals surface area contributed by atoms with Crippen LogP contribution in [-0.4, -0.2) is 13.1 Å². The van der Waals surface area contributed by atoms with E-state index in [1.807, 2.05) is 18.2 Å². The van der Waals surface area contributed by atoms with E-state index in [1.54, 1.807) is 12.1 Å². The second-order valence-corrected chi connectivity index (χ2v) is 3.93. The van der Waals surface area contributed by atoms with Crippen molar-refractivity contribution in [1.82, 2.24) is 0 Å². The maximum atomic E-state index is 11.6. The van der Waals surface area contributed by atoms with Gasteiger partial charge in [-0.3, -0.25) is 4.79 Å². The van der Waals surface area contributed by atoms with Gasteiger partial charge in [0.25, 0.3) is 0 Å². The van der Waals surface area contributed by atoms with E-state index in [9.17, 15) is 4.79 Å². The number of hydrogen-bond acceptors (Lipinski definition) is 2. The average molecular weight is 223 g/mol. The van der Waals surface area contributed by atoms with Crippen molar-refractivity contribution in [3.63, 3.8) is 0 Å². The average Bonchev–Trinajstić information content (AvgIpc) is 3.05. The molecule has 0 fully saturated rings. The van der Waals surface area contributed by atoms with Gasteiger partial charge in [0.1, 0.15) is 5.92 Å². The highest BCUT2D eigenvalue weighted by molar-refractivity contribution is 6.30. The fourth-order valence-electron chi connectivity index (χ4n) is 1.57. The molecule has 0 N–H and O–H groups in total. The van der Waals surface area contributed by atoms with Crippen LogP contribution in [0.2, 0.25) is 5.02 Å². The number of ether oxygens (including phenoxy) is 1. The summed E-state index contributed by atoms with van der Waals surface area (Å²) in [5.74, 6) is -0.451. The zero-order valence-corrected chi connectivity index (χ0v) is 9.12. The zero-order chi connectivity index (χ0) is 10.8. The maximum absolute atomic E-state index is 11.6. The number of methoxy groups -OCH3 is 1. The standard InChI is InChI=1S/C12H11ClO2/c1-15-12(14)11(8-2-3-8)9-4-6-10(13)7-5-9/h2,4-7,11H,3H2,1H3. The Morgan fingerprint density at radius 3 is 2.47 bits per heavy atom. The van der Waals surface area contributed by atoms with Crippen LogP contribution in [0.4, 0.5) is 0 Å². The van der Waals surface area contributed by atoms with Crippen molar-refractivity contribution in [2.24, 2.45) is 0 Å². The second-order valence-electron chi connectivity index (χ2n) is 3.49. The van der Waals surface area contributed by atoms with Gasteiger partial charge in [-0.05, 0) is 24.1 Å². The number of rotatable bonds is 3. The molecular weight excluding hydrogens is 212 g/mol. The van der Waals surface area contributed by atoms with Crippen LogP contribution in [0.15, 0.2) is 35.9 Å². The van der Waals surface area contributed by atoms with E-state index < -0.39 is 0 Å². The van der Waals surface area contributed by atoms with Crippen molar-refractivity contribution < 1.29 is 9.53 Å². The molecule has 0 aliphatic heterocycles. The molecule has 2 nitrogen and oxygen atoms in total. The van der Waals surface area contributed by atoms with Crippen LogP contribution in [0.3, 0.4) is 0 Å². The van der Waals surface area contributed by atoms with E-state index in [0.717, 1.165) is 17.6 Å². The lowest BCUT2D eigenvalue weighted by Gasteiger charge is -2.11. The minimum absolute atomic E-state index is 0.207. The fourth-order valence-corrected chi connectivity index (χ4v) is 1.70. The van der Waals surface area contributed by atoms with Gasteiger partial charge in [-0.15, -0.1) is 0 Å². The second kappa shape index (κ2) is 4.07. The third-order valence-electron chi connectivity index (χ3n) is 2.45. The van der Waals surface area contributed by atoms with Crippen LogP contribution in [0, 0.1) is 0 Å². The van der Waals surface area contributed by atoms with Crippen LogP contribution in [0.5, 0.6) is 0 Å². The highest BCUT2D eigenvalue weighted by atomic mass is 35.5. The Bertz CT molecular complexity index is 406. The van der Waals surface area contributed by atoms with Crippen molar-refractivity contribution in [2.75, 3.05) is 7.11 Å². The lowest BCUT2D eigenvalue weighted by molar-refractivity contribution is -0.141. The summed E-state index contributed by atoms with van der Waals surface area (Å²) in [6.45, 7) is 0. The Labute approximate surface area is 93.5 Å². The summed E-state index contributed by atoms with van der Waals surface area (Å²) in [5.41, 5.74) is 2.07. The molecule has 1 aromatic rings. The number of halogens is 1. The van der Waals surface area contributed by atoms with Gasteiger partial charge < -0.3 is 4.74 Å². The molecule has 0 spiro atoms. The molecule has 0 saturated heterocycles. The van der Waals surface area contributed by atoms with Crippen LogP contribution >= 0.6 is 11.6 Å². The number of hydrogen-bond donors (Lipinski definition) is 0. The molecule has 2 rings (SSSR count). The van der Waals surface area contributed by atoms with E-state index in [-0.39, 0.29) is 11.9 Å². The Morgan fingerprint density at radius 1 is 1.40 bits per heavy atom. The first-order chi connectivity index (χ1) is 7.22. The highest BCUT2D eigenvalue weighted by Gasteiger charge is 2.29. The summed E-state index contributed by atoms with van der Waals surface area (Å²) in [5, 5.41) is 0.673. The van der Waals surface area contributed by atoms with Gasteiger partial charge >= 0.3 is 5.97 Å². The van der Waals surface area contributed by atoms with E-state index >= 15 is 0 Å². The van der Waals surface area contributed by atoms with Gasteiger partial charge in [-0.25, -0.2) is 0 Å². The smallest absolute Gasteiger partial charge is 0.317 e. The lowest BCUT2D eigenvalue weighted by atomic mass is 9.96. The summed E-state index contributed by atoms with van der Waals surface area (Å²) < 4.78 is 4.79. The van der Waals surface area contributed by atoms with Crippen molar-refractivity contribution >= 4 is 17.6 Å². The van der Waals surface area contributed by atoms with E-state index in [4.69, 9.17) is 16.3 Å². The van der Waals surface area contributed by atoms with Crippen LogP contribution in [0.1, 0.15) is 17.9 Å². The lowest BCUT2D eigenvalue weighted by Crippen LogP contribution is -2.13. The Hall–Kier alpha value is -1.28. The summed E-state index contributed by atoms with van der Waals surface area (Å²) in [4.78, 5) is 11.6. The van der Waals surface area contributed by atoms with E-state index in [2.05, 4.69) is 0 Å². The Balaban J connectivity index is 2.28.